The van der Waals surface area contributed by atoms with Gasteiger partial charge >= 0.3 is 6.61 Å². The van der Waals surface area contributed by atoms with Gasteiger partial charge < -0.3 is 20.5 Å². The maximum Gasteiger partial charge on any atom is 0.387 e. The summed E-state index contributed by atoms with van der Waals surface area (Å²) in [6.45, 7) is -1.81. The number of aliphatic hydroxyl groups is 1. The van der Waals surface area contributed by atoms with E-state index in [0.717, 1.165) is 18.9 Å². The highest BCUT2D eigenvalue weighted by molar-refractivity contribution is 5.70. The van der Waals surface area contributed by atoms with Gasteiger partial charge in [0.2, 0.25) is 0 Å². The van der Waals surface area contributed by atoms with Gasteiger partial charge in [0.1, 0.15) is 0 Å². The third kappa shape index (κ3) is 2.62. The Morgan fingerprint density at radius 1 is 1.29 bits per heavy atom. The molecule has 7 heteroatoms. The lowest BCUT2D eigenvalue weighted by Crippen LogP contribution is -2.25. The molecule has 4 nitrogen and oxygen atoms in total. The molecule has 21 heavy (non-hydrogen) atoms. The van der Waals surface area contributed by atoms with Crippen LogP contribution in [-0.4, -0.2) is 30.9 Å². The quantitative estimate of drug-likeness (QED) is 0.841. The van der Waals surface area contributed by atoms with Crippen molar-refractivity contribution in [3.8, 4) is 5.75 Å². The van der Waals surface area contributed by atoms with Gasteiger partial charge in [-0.15, -0.1) is 0 Å². The lowest BCUT2D eigenvalue weighted by atomic mass is 10.00. The molecule has 0 aromatic heterocycles. The van der Waals surface area contributed by atoms with Gasteiger partial charge in [-0.1, -0.05) is 0 Å². The third-order valence-electron chi connectivity index (χ3n) is 4.46. The van der Waals surface area contributed by atoms with Gasteiger partial charge in [-0.25, -0.2) is 4.39 Å². The summed E-state index contributed by atoms with van der Waals surface area (Å²) in [5.74, 6) is -0.888. The molecular weight excluding hydrogens is 285 g/mol. The van der Waals surface area contributed by atoms with Crippen LogP contribution in [0.15, 0.2) is 12.1 Å². The molecule has 2 aliphatic rings. The molecule has 1 heterocycles. The molecule has 3 N–H and O–H groups in total. The molecule has 3 rings (SSSR count). The summed E-state index contributed by atoms with van der Waals surface area (Å²) >= 11 is 0. The summed E-state index contributed by atoms with van der Waals surface area (Å²) in [6.07, 6.45) is 1.39. The summed E-state index contributed by atoms with van der Waals surface area (Å²) in [4.78, 5) is 1.91. The Balaban J connectivity index is 1.85. The fourth-order valence-corrected chi connectivity index (χ4v) is 3.45. The topological polar surface area (TPSA) is 58.7 Å². The largest absolute Gasteiger partial charge is 0.432 e. The second-order valence-corrected chi connectivity index (χ2v) is 5.69. The Morgan fingerprint density at radius 2 is 2.05 bits per heavy atom. The first-order valence-corrected chi connectivity index (χ1v) is 6.92. The fraction of sp³-hybridized carbons (Fsp3) is 0.571. The Morgan fingerprint density at radius 3 is 2.71 bits per heavy atom. The number of ether oxygens (including phenoxy) is 1. The van der Waals surface area contributed by atoms with Crippen LogP contribution < -0.4 is 15.4 Å². The summed E-state index contributed by atoms with van der Waals surface area (Å²) < 4.78 is 42.3. The van der Waals surface area contributed by atoms with Crippen molar-refractivity contribution in [1.29, 1.82) is 0 Å². The summed E-state index contributed by atoms with van der Waals surface area (Å²) in [6, 6.07) is 2.21. The van der Waals surface area contributed by atoms with E-state index in [1.54, 1.807) is 0 Å². The van der Waals surface area contributed by atoms with Crippen molar-refractivity contribution < 1.29 is 23.0 Å². The number of alkyl halides is 2. The Labute approximate surface area is 120 Å². The monoisotopic (exact) mass is 302 g/mol. The Bertz CT molecular complexity index is 541. The molecule has 116 valence electrons. The number of halogens is 3. The van der Waals surface area contributed by atoms with Gasteiger partial charge in [0.05, 0.1) is 17.5 Å². The maximum absolute atomic E-state index is 13.6. The first-order chi connectivity index (χ1) is 9.95. The van der Waals surface area contributed by atoms with Gasteiger partial charge in [-0.2, -0.15) is 8.78 Å². The molecule has 0 amide bonds. The highest BCUT2D eigenvalue weighted by Crippen LogP contribution is 2.42. The van der Waals surface area contributed by atoms with Crippen LogP contribution in [0.2, 0.25) is 0 Å². The predicted molar refractivity (Wildman–Crippen MR) is 71.9 cm³/mol. The van der Waals surface area contributed by atoms with E-state index >= 15 is 0 Å². The molecule has 3 atom stereocenters. The molecule has 1 aromatic rings. The van der Waals surface area contributed by atoms with E-state index in [0.29, 0.717) is 24.7 Å². The van der Waals surface area contributed by atoms with Crippen molar-refractivity contribution >= 4 is 11.4 Å². The van der Waals surface area contributed by atoms with E-state index in [1.165, 1.54) is 6.07 Å². The summed E-state index contributed by atoms with van der Waals surface area (Å²) in [5.41, 5.74) is 6.46. The minimum Gasteiger partial charge on any atom is -0.432 e. The van der Waals surface area contributed by atoms with Crippen LogP contribution in [0.1, 0.15) is 12.8 Å². The van der Waals surface area contributed by atoms with E-state index in [-0.39, 0.29) is 17.7 Å². The molecule has 1 aromatic carbocycles. The van der Waals surface area contributed by atoms with Crippen LogP contribution in [0.3, 0.4) is 0 Å². The molecule has 0 spiro atoms. The third-order valence-corrected chi connectivity index (χ3v) is 4.46. The second-order valence-electron chi connectivity index (χ2n) is 5.69. The molecule has 0 radical (unpaired) electrons. The zero-order valence-corrected chi connectivity index (χ0v) is 11.3. The standard InChI is InChI=1S/C14H17F3N2O2/c15-9-3-10(18)11(4-13(9)21-14(16)17)19-5-7-1-2-12(20)8(7)6-19/h3-4,7-8,12,14,20H,1-2,5-6,18H2. The fourth-order valence-electron chi connectivity index (χ4n) is 3.45. The number of nitrogen functional groups attached to an aromatic ring is 1. The van der Waals surface area contributed by atoms with Crippen LogP contribution >= 0.6 is 0 Å². The number of nitrogens with two attached hydrogens (primary N) is 1. The van der Waals surface area contributed by atoms with E-state index in [9.17, 15) is 18.3 Å². The zero-order valence-electron chi connectivity index (χ0n) is 11.3. The minimum absolute atomic E-state index is 0.161. The average molecular weight is 302 g/mol. The molecule has 0 bridgehead atoms. The number of rotatable bonds is 3. The number of anilines is 2. The van der Waals surface area contributed by atoms with Crippen LogP contribution in [0.5, 0.6) is 5.75 Å². The van der Waals surface area contributed by atoms with Gasteiger partial charge in [-0.05, 0) is 18.8 Å². The minimum atomic E-state index is -3.09. The van der Waals surface area contributed by atoms with Crippen LogP contribution in [0.25, 0.3) is 0 Å². The number of benzene rings is 1. The van der Waals surface area contributed by atoms with Crippen LogP contribution in [-0.2, 0) is 0 Å². The molecule has 2 fully saturated rings. The molecule has 3 unspecified atom stereocenters. The van der Waals surface area contributed by atoms with Crippen molar-refractivity contribution in [2.75, 3.05) is 23.7 Å². The molecule has 1 saturated carbocycles. The summed E-state index contributed by atoms with van der Waals surface area (Å²) in [5, 5.41) is 9.91. The lowest BCUT2D eigenvalue weighted by molar-refractivity contribution is -0.0521. The lowest BCUT2D eigenvalue weighted by Gasteiger charge is -2.23. The molecule has 1 aliphatic heterocycles. The number of nitrogens with zero attached hydrogens (tertiary/aromatic N) is 1. The highest BCUT2D eigenvalue weighted by Gasteiger charge is 2.42. The second kappa shape index (κ2) is 5.29. The van der Waals surface area contributed by atoms with E-state index < -0.39 is 18.2 Å². The van der Waals surface area contributed by atoms with Gasteiger partial charge in [0, 0.05) is 31.1 Å². The maximum atomic E-state index is 13.6. The zero-order chi connectivity index (χ0) is 15.1. The van der Waals surface area contributed by atoms with E-state index in [1.807, 2.05) is 4.90 Å². The van der Waals surface area contributed by atoms with Gasteiger partial charge in [-0.3, -0.25) is 0 Å². The summed E-state index contributed by atoms with van der Waals surface area (Å²) in [7, 11) is 0. The van der Waals surface area contributed by atoms with E-state index in [2.05, 4.69) is 4.74 Å². The highest BCUT2D eigenvalue weighted by atomic mass is 19.3. The van der Waals surface area contributed by atoms with Crippen molar-refractivity contribution in [2.45, 2.75) is 25.6 Å². The predicted octanol–water partition coefficient (Wildman–Crippen LogP) is 2.22. The average Bonchev–Trinajstić information content (AvgIpc) is 2.95. The SMILES string of the molecule is Nc1cc(F)c(OC(F)F)cc1N1CC2CCC(O)C2C1. The first-order valence-electron chi connectivity index (χ1n) is 6.92. The molecular formula is C14H17F3N2O2. The van der Waals surface area contributed by atoms with Crippen molar-refractivity contribution in [3.63, 3.8) is 0 Å². The van der Waals surface area contributed by atoms with Gasteiger partial charge in [0.15, 0.2) is 11.6 Å². The van der Waals surface area contributed by atoms with Crippen molar-refractivity contribution in [1.82, 2.24) is 0 Å². The number of fused-ring (bicyclic) bond motifs is 1. The molecule has 1 saturated heterocycles. The number of aliphatic hydroxyl groups excluding tert-OH is 1. The van der Waals surface area contributed by atoms with Crippen LogP contribution in [0, 0.1) is 17.7 Å². The number of hydrogen-bond acceptors (Lipinski definition) is 4. The van der Waals surface area contributed by atoms with Crippen molar-refractivity contribution in [2.24, 2.45) is 11.8 Å². The normalized spacial score (nSPS) is 28.2. The first kappa shape index (κ1) is 14.3. The Kier molecular flexibility index (Phi) is 3.61. The smallest absolute Gasteiger partial charge is 0.387 e. The number of hydrogen-bond donors (Lipinski definition) is 2. The molecule has 1 aliphatic carbocycles. The van der Waals surface area contributed by atoms with E-state index in [4.69, 9.17) is 5.73 Å². The Hall–Kier alpha value is -1.63. The van der Waals surface area contributed by atoms with Gasteiger partial charge in [0.25, 0.3) is 0 Å². The van der Waals surface area contributed by atoms with Crippen LogP contribution in [0.4, 0.5) is 24.5 Å². The van der Waals surface area contributed by atoms with Crippen molar-refractivity contribution in [3.05, 3.63) is 17.9 Å².